The molecular weight excluding hydrogens is 466 g/mol. The van der Waals surface area contributed by atoms with E-state index in [0.717, 1.165) is 6.07 Å². The van der Waals surface area contributed by atoms with E-state index in [4.69, 9.17) is 9.47 Å². The summed E-state index contributed by atoms with van der Waals surface area (Å²) in [7, 11) is 1.54. The molecule has 0 N–H and O–H groups in total. The Bertz CT molecular complexity index is 1190. The number of para-hydroxylation sites is 1. The lowest BCUT2D eigenvalue weighted by Gasteiger charge is -2.09. The molecule has 3 aromatic carbocycles. The first-order valence-corrected chi connectivity index (χ1v) is 9.80. The maximum atomic E-state index is 12.8. The van der Waals surface area contributed by atoms with Gasteiger partial charge in [-0.25, -0.2) is 4.79 Å². The lowest BCUT2D eigenvalue weighted by atomic mass is 10.1. The van der Waals surface area contributed by atoms with Gasteiger partial charge in [-0.3, -0.25) is 14.9 Å². The van der Waals surface area contributed by atoms with Gasteiger partial charge in [0.2, 0.25) is 0 Å². The normalized spacial score (nSPS) is 10.6. The second-order valence-electron chi connectivity index (χ2n) is 6.28. The van der Waals surface area contributed by atoms with Crippen molar-refractivity contribution < 1.29 is 24.0 Å². The molecule has 0 bridgehead atoms. The highest BCUT2D eigenvalue weighted by Crippen LogP contribution is 2.26. The van der Waals surface area contributed by atoms with Crippen LogP contribution in [-0.4, -0.2) is 23.8 Å². The predicted molar refractivity (Wildman–Crippen MR) is 119 cm³/mol. The van der Waals surface area contributed by atoms with Crippen molar-refractivity contribution in [3.05, 3.63) is 104 Å². The number of hydrogen-bond acceptors (Lipinski definition) is 6. The van der Waals surface area contributed by atoms with Gasteiger partial charge in [0.15, 0.2) is 5.78 Å². The number of ether oxygens (including phenoxy) is 2. The SMILES string of the molecule is COc1ccccc1/C=C/C(=O)c1cc(Br)ccc1OC(=O)c1cccc([N+](=O)[O-])c1. The van der Waals surface area contributed by atoms with Crippen LogP contribution in [0.5, 0.6) is 11.5 Å². The molecule has 0 saturated carbocycles. The van der Waals surface area contributed by atoms with Crippen molar-refractivity contribution in [2.75, 3.05) is 7.11 Å². The van der Waals surface area contributed by atoms with Crippen molar-refractivity contribution in [1.29, 1.82) is 0 Å². The summed E-state index contributed by atoms with van der Waals surface area (Å²) >= 11 is 3.31. The molecular formula is C23H16BrNO6. The Morgan fingerprint density at radius 1 is 1.00 bits per heavy atom. The van der Waals surface area contributed by atoms with E-state index >= 15 is 0 Å². The molecule has 0 aliphatic heterocycles. The number of non-ortho nitro benzene ring substituents is 1. The third-order valence-corrected chi connectivity index (χ3v) is 4.75. The first-order valence-electron chi connectivity index (χ1n) is 9.00. The van der Waals surface area contributed by atoms with Crippen LogP contribution in [0.1, 0.15) is 26.3 Å². The van der Waals surface area contributed by atoms with Crippen molar-refractivity contribution in [2.24, 2.45) is 0 Å². The Morgan fingerprint density at radius 2 is 1.77 bits per heavy atom. The Hall–Kier alpha value is -3.78. The van der Waals surface area contributed by atoms with Gasteiger partial charge in [-0.1, -0.05) is 40.2 Å². The summed E-state index contributed by atoms with van der Waals surface area (Å²) in [5.41, 5.74) is 0.629. The average molecular weight is 482 g/mol. The van der Waals surface area contributed by atoms with Crippen LogP contribution in [-0.2, 0) is 0 Å². The number of hydrogen-bond donors (Lipinski definition) is 0. The maximum absolute atomic E-state index is 12.8. The van der Waals surface area contributed by atoms with E-state index in [9.17, 15) is 19.7 Å². The minimum absolute atomic E-state index is 0.0000757. The van der Waals surface area contributed by atoms with Crippen molar-refractivity contribution in [2.45, 2.75) is 0 Å². The minimum atomic E-state index is -0.811. The summed E-state index contributed by atoms with van der Waals surface area (Å²) in [5, 5.41) is 10.9. The third kappa shape index (κ3) is 5.43. The minimum Gasteiger partial charge on any atom is -0.496 e. The van der Waals surface area contributed by atoms with Crippen molar-refractivity contribution in [1.82, 2.24) is 0 Å². The van der Waals surface area contributed by atoms with E-state index in [0.29, 0.717) is 15.8 Å². The monoisotopic (exact) mass is 481 g/mol. The van der Waals surface area contributed by atoms with Gasteiger partial charge in [-0.05, 0) is 42.5 Å². The Balaban J connectivity index is 1.87. The van der Waals surface area contributed by atoms with E-state index in [-0.39, 0.29) is 22.6 Å². The molecule has 0 unspecified atom stereocenters. The number of ketones is 1. The highest BCUT2D eigenvalue weighted by atomic mass is 79.9. The van der Waals surface area contributed by atoms with Crippen LogP contribution >= 0.6 is 15.9 Å². The summed E-state index contributed by atoms with van der Waals surface area (Å²) in [6.07, 6.45) is 2.96. The van der Waals surface area contributed by atoms with Crippen LogP contribution in [0.4, 0.5) is 5.69 Å². The van der Waals surface area contributed by atoms with Crippen LogP contribution < -0.4 is 9.47 Å². The van der Waals surface area contributed by atoms with E-state index < -0.39 is 16.7 Å². The summed E-state index contributed by atoms with van der Waals surface area (Å²) in [6, 6.07) is 17.0. The van der Waals surface area contributed by atoms with Crippen LogP contribution in [0, 0.1) is 10.1 Å². The largest absolute Gasteiger partial charge is 0.496 e. The molecule has 31 heavy (non-hydrogen) atoms. The smallest absolute Gasteiger partial charge is 0.343 e. The number of halogens is 1. The van der Waals surface area contributed by atoms with Crippen LogP contribution in [0.25, 0.3) is 6.08 Å². The van der Waals surface area contributed by atoms with Gasteiger partial charge in [0, 0.05) is 22.2 Å². The highest BCUT2D eigenvalue weighted by Gasteiger charge is 2.18. The molecule has 3 aromatic rings. The number of carbonyl (C=O) groups excluding carboxylic acids is 2. The van der Waals surface area contributed by atoms with Crippen LogP contribution in [0.2, 0.25) is 0 Å². The number of allylic oxidation sites excluding steroid dienone is 1. The molecule has 0 atom stereocenters. The first-order chi connectivity index (χ1) is 14.9. The van der Waals surface area contributed by atoms with Gasteiger partial charge in [-0.2, -0.15) is 0 Å². The molecule has 3 rings (SSSR count). The molecule has 0 aliphatic rings. The summed E-state index contributed by atoms with van der Waals surface area (Å²) in [4.78, 5) is 35.7. The fraction of sp³-hybridized carbons (Fsp3) is 0.0435. The van der Waals surface area contributed by atoms with Gasteiger partial charge in [0.1, 0.15) is 11.5 Å². The third-order valence-electron chi connectivity index (χ3n) is 4.26. The summed E-state index contributed by atoms with van der Waals surface area (Å²) < 4.78 is 11.3. The summed E-state index contributed by atoms with van der Waals surface area (Å²) in [6.45, 7) is 0. The lowest BCUT2D eigenvalue weighted by molar-refractivity contribution is -0.384. The quantitative estimate of drug-likeness (QED) is 0.111. The second-order valence-corrected chi connectivity index (χ2v) is 7.19. The number of benzene rings is 3. The van der Waals surface area contributed by atoms with Crippen LogP contribution in [0.3, 0.4) is 0 Å². The van der Waals surface area contributed by atoms with Crippen LogP contribution in [0.15, 0.2) is 77.3 Å². The number of methoxy groups -OCH3 is 1. The summed E-state index contributed by atoms with van der Waals surface area (Å²) in [5.74, 6) is -0.560. The molecule has 0 saturated heterocycles. The molecule has 0 aliphatic carbocycles. The van der Waals surface area contributed by atoms with Gasteiger partial charge < -0.3 is 9.47 Å². The first kappa shape index (κ1) is 21.9. The predicted octanol–water partition coefficient (Wildman–Crippen LogP) is 5.48. The number of nitrogens with zero attached hydrogens (tertiary/aromatic N) is 1. The molecule has 8 heteroatoms. The molecule has 0 fully saturated rings. The number of carbonyl (C=O) groups is 2. The molecule has 156 valence electrons. The topological polar surface area (TPSA) is 95.7 Å². The standard InChI is InChI=1S/C23H16BrNO6/c1-30-21-8-3-2-5-15(21)9-11-20(26)19-14-17(24)10-12-22(19)31-23(27)16-6-4-7-18(13-16)25(28)29/h2-14H,1H3/b11-9+. The van der Waals surface area contributed by atoms with Gasteiger partial charge in [0.25, 0.3) is 5.69 Å². The van der Waals surface area contributed by atoms with Crippen molar-refractivity contribution in [3.63, 3.8) is 0 Å². The number of esters is 1. The molecule has 7 nitrogen and oxygen atoms in total. The van der Waals surface area contributed by atoms with Crippen molar-refractivity contribution in [3.8, 4) is 11.5 Å². The lowest BCUT2D eigenvalue weighted by Crippen LogP contribution is -2.11. The van der Waals surface area contributed by atoms with Gasteiger partial charge in [0.05, 0.1) is 23.2 Å². The van der Waals surface area contributed by atoms with E-state index in [1.165, 1.54) is 43.5 Å². The molecule has 0 amide bonds. The second kappa shape index (κ2) is 9.82. The zero-order valence-electron chi connectivity index (χ0n) is 16.3. The average Bonchev–Trinajstić information content (AvgIpc) is 2.78. The van der Waals surface area contributed by atoms with Gasteiger partial charge in [-0.15, -0.1) is 0 Å². The fourth-order valence-electron chi connectivity index (χ4n) is 2.75. The maximum Gasteiger partial charge on any atom is 0.343 e. The molecule has 0 spiro atoms. The fourth-order valence-corrected chi connectivity index (χ4v) is 3.11. The zero-order chi connectivity index (χ0) is 22.4. The van der Waals surface area contributed by atoms with Crippen molar-refractivity contribution >= 4 is 39.4 Å². The molecule has 0 aromatic heterocycles. The Labute approximate surface area is 186 Å². The van der Waals surface area contributed by atoms with Gasteiger partial charge >= 0.3 is 5.97 Å². The zero-order valence-corrected chi connectivity index (χ0v) is 17.9. The molecule has 0 heterocycles. The number of nitro benzene ring substituents is 1. The Morgan fingerprint density at radius 3 is 2.52 bits per heavy atom. The number of rotatable bonds is 7. The highest BCUT2D eigenvalue weighted by molar-refractivity contribution is 9.10. The Kier molecular flexibility index (Phi) is 6.94. The molecule has 0 radical (unpaired) electrons. The number of nitro groups is 1. The van der Waals surface area contributed by atoms with E-state index in [2.05, 4.69) is 15.9 Å². The van der Waals surface area contributed by atoms with E-state index in [1.807, 2.05) is 12.1 Å². The van der Waals surface area contributed by atoms with E-state index in [1.54, 1.807) is 24.3 Å².